The molecule has 0 aromatic heterocycles. The molecule has 92 valence electrons. The second kappa shape index (κ2) is 6.63. The van der Waals surface area contributed by atoms with Crippen LogP contribution in [0.1, 0.15) is 39.0 Å². The van der Waals surface area contributed by atoms with Crippen LogP contribution in [0.4, 0.5) is 0 Å². The maximum absolute atomic E-state index is 11.4. The van der Waals surface area contributed by atoms with E-state index in [1.165, 1.54) is 0 Å². The largest absolute Gasteiger partial charge is 0.358 e. The van der Waals surface area contributed by atoms with Crippen LogP contribution in [0.2, 0.25) is 0 Å². The van der Waals surface area contributed by atoms with Crippen LogP contribution >= 0.6 is 0 Å². The predicted octanol–water partition coefficient (Wildman–Crippen LogP) is 0.956. The number of rotatable bonds is 5. The van der Waals surface area contributed by atoms with Gasteiger partial charge in [0, 0.05) is 25.9 Å². The minimum Gasteiger partial charge on any atom is -0.358 e. The first-order valence-corrected chi connectivity index (χ1v) is 6.13. The summed E-state index contributed by atoms with van der Waals surface area (Å²) >= 11 is 0. The molecule has 0 spiro atoms. The van der Waals surface area contributed by atoms with E-state index in [1.54, 1.807) is 7.05 Å². The Morgan fingerprint density at radius 2 is 2.06 bits per heavy atom. The molecule has 1 saturated carbocycles. The number of Topliss-reactive ketones (excluding diaryl/α,β-unsaturated/α-hetero) is 1. The number of nitrogens with zero attached hydrogens (tertiary/aromatic N) is 1. The Morgan fingerprint density at radius 1 is 1.44 bits per heavy atom. The van der Waals surface area contributed by atoms with Gasteiger partial charge in [0.2, 0.25) is 5.91 Å². The van der Waals surface area contributed by atoms with Crippen LogP contribution in [0.5, 0.6) is 0 Å². The molecule has 4 heteroatoms. The third-order valence-corrected chi connectivity index (χ3v) is 3.17. The Kier molecular flexibility index (Phi) is 5.46. The van der Waals surface area contributed by atoms with Gasteiger partial charge < -0.3 is 5.32 Å². The highest BCUT2D eigenvalue weighted by atomic mass is 16.2. The summed E-state index contributed by atoms with van der Waals surface area (Å²) in [5.41, 5.74) is 0. The molecule has 0 unspecified atom stereocenters. The van der Waals surface area contributed by atoms with Crippen molar-refractivity contribution in [1.82, 2.24) is 10.2 Å². The Bertz CT molecular complexity index is 243. The second-order valence-electron chi connectivity index (χ2n) is 4.41. The van der Waals surface area contributed by atoms with Crippen molar-refractivity contribution in [2.24, 2.45) is 0 Å². The minimum absolute atomic E-state index is 0.0605. The predicted molar refractivity (Wildman–Crippen MR) is 63.2 cm³/mol. The van der Waals surface area contributed by atoms with Crippen molar-refractivity contribution >= 4 is 11.7 Å². The summed E-state index contributed by atoms with van der Waals surface area (Å²) in [6.07, 6.45) is 4.23. The molecule has 1 amide bonds. The second-order valence-corrected chi connectivity index (χ2v) is 4.41. The lowest BCUT2D eigenvalue weighted by Crippen LogP contribution is -2.44. The highest BCUT2D eigenvalue weighted by Gasteiger charge is 2.24. The molecule has 1 rings (SSSR count). The Hall–Kier alpha value is -0.900. The lowest BCUT2D eigenvalue weighted by molar-refractivity contribution is -0.123. The fourth-order valence-electron chi connectivity index (χ4n) is 2.23. The molecule has 4 nitrogen and oxygen atoms in total. The van der Waals surface area contributed by atoms with Crippen LogP contribution in [0.25, 0.3) is 0 Å². The third kappa shape index (κ3) is 3.93. The average Bonchev–Trinajstić information content (AvgIpc) is 2.29. The zero-order valence-electron chi connectivity index (χ0n) is 10.3. The van der Waals surface area contributed by atoms with Crippen LogP contribution in [0.15, 0.2) is 0 Å². The van der Waals surface area contributed by atoms with Crippen molar-refractivity contribution in [3.05, 3.63) is 0 Å². The zero-order chi connectivity index (χ0) is 12.0. The number of ketones is 1. The van der Waals surface area contributed by atoms with E-state index in [4.69, 9.17) is 0 Å². The molecule has 1 aliphatic carbocycles. The van der Waals surface area contributed by atoms with E-state index >= 15 is 0 Å². The molecule has 0 radical (unpaired) electrons. The summed E-state index contributed by atoms with van der Waals surface area (Å²) in [7, 11) is 1.66. The highest BCUT2D eigenvalue weighted by Crippen LogP contribution is 2.20. The van der Waals surface area contributed by atoms with Crippen LogP contribution in [0.3, 0.4) is 0 Å². The molecule has 0 saturated heterocycles. The summed E-state index contributed by atoms with van der Waals surface area (Å²) < 4.78 is 0. The van der Waals surface area contributed by atoms with E-state index in [0.717, 1.165) is 25.8 Å². The van der Waals surface area contributed by atoms with Crippen molar-refractivity contribution in [2.75, 3.05) is 20.1 Å². The van der Waals surface area contributed by atoms with Crippen molar-refractivity contribution in [3.63, 3.8) is 0 Å². The molecule has 16 heavy (non-hydrogen) atoms. The highest BCUT2D eigenvalue weighted by molar-refractivity contribution is 5.79. The van der Waals surface area contributed by atoms with Crippen LogP contribution in [-0.4, -0.2) is 42.8 Å². The molecule has 0 heterocycles. The number of nitrogens with one attached hydrogen (secondary N) is 1. The lowest BCUT2D eigenvalue weighted by Gasteiger charge is -2.33. The fraction of sp³-hybridized carbons (Fsp3) is 0.833. The molecule has 0 aromatic carbocycles. The quantitative estimate of drug-likeness (QED) is 0.759. The van der Waals surface area contributed by atoms with Gasteiger partial charge in [0.05, 0.1) is 6.54 Å². The van der Waals surface area contributed by atoms with Crippen molar-refractivity contribution < 1.29 is 9.59 Å². The van der Waals surface area contributed by atoms with Gasteiger partial charge in [-0.3, -0.25) is 14.5 Å². The van der Waals surface area contributed by atoms with Gasteiger partial charge in [-0.1, -0.05) is 6.92 Å². The monoisotopic (exact) mass is 226 g/mol. The fourth-order valence-corrected chi connectivity index (χ4v) is 2.23. The van der Waals surface area contributed by atoms with Crippen LogP contribution in [-0.2, 0) is 9.59 Å². The molecule has 0 atom stereocenters. The van der Waals surface area contributed by atoms with E-state index in [2.05, 4.69) is 17.1 Å². The van der Waals surface area contributed by atoms with Crippen molar-refractivity contribution in [3.8, 4) is 0 Å². The third-order valence-electron chi connectivity index (χ3n) is 3.17. The molecule has 0 bridgehead atoms. The Morgan fingerprint density at radius 3 is 2.56 bits per heavy atom. The number of carbonyl (C=O) groups is 2. The van der Waals surface area contributed by atoms with E-state index < -0.39 is 0 Å². The molecule has 1 N–H and O–H groups in total. The Balaban J connectivity index is 2.48. The van der Waals surface area contributed by atoms with E-state index in [1.807, 2.05) is 0 Å². The number of hydrogen-bond acceptors (Lipinski definition) is 3. The van der Waals surface area contributed by atoms with Gasteiger partial charge in [0.15, 0.2) is 0 Å². The Labute approximate surface area is 97.4 Å². The van der Waals surface area contributed by atoms with E-state index in [0.29, 0.717) is 31.2 Å². The standard InChI is InChI=1S/C12H22N2O2/c1-3-8-14(9-12(16)13-2)10-4-6-11(15)7-5-10/h10H,3-9H2,1-2H3,(H,13,16). The van der Waals surface area contributed by atoms with Crippen LogP contribution < -0.4 is 5.32 Å². The molecule has 1 fully saturated rings. The normalized spacial score (nSPS) is 17.8. The summed E-state index contributed by atoms with van der Waals surface area (Å²) in [6, 6.07) is 0.412. The summed E-state index contributed by atoms with van der Waals surface area (Å²) in [5.74, 6) is 0.429. The van der Waals surface area contributed by atoms with Crippen LogP contribution in [0, 0.1) is 0 Å². The summed E-state index contributed by atoms with van der Waals surface area (Å²) in [5, 5.41) is 2.65. The molecular weight excluding hydrogens is 204 g/mol. The maximum atomic E-state index is 11.4. The van der Waals surface area contributed by atoms with Crippen molar-refractivity contribution in [1.29, 1.82) is 0 Å². The molecule has 0 aliphatic heterocycles. The van der Waals surface area contributed by atoms with E-state index in [-0.39, 0.29) is 5.91 Å². The number of likely N-dealkylation sites (N-methyl/N-ethyl adjacent to an activating group) is 1. The van der Waals surface area contributed by atoms with Gasteiger partial charge in [-0.15, -0.1) is 0 Å². The zero-order valence-corrected chi connectivity index (χ0v) is 10.3. The smallest absolute Gasteiger partial charge is 0.233 e. The number of amides is 1. The van der Waals surface area contributed by atoms with Gasteiger partial charge in [-0.25, -0.2) is 0 Å². The average molecular weight is 226 g/mol. The summed E-state index contributed by atoms with van der Waals surface area (Å²) in [4.78, 5) is 24.8. The number of carbonyl (C=O) groups excluding carboxylic acids is 2. The summed E-state index contributed by atoms with van der Waals surface area (Å²) in [6.45, 7) is 3.51. The first-order valence-electron chi connectivity index (χ1n) is 6.13. The molecule has 1 aliphatic rings. The maximum Gasteiger partial charge on any atom is 0.233 e. The molecule has 0 aromatic rings. The van der Waals surface area contributed by atoms with Gasteiger partial charge in [-0.2, -0.15) is 0 Å². The first-order chi connectivity index (χ1) is 7.67. The van der Waals surface area contributed by atoms with Crippen molar-refractivity contribution in [2.45, 2.75) is 45.1 Å². The van der Waals surface area contributed by atoms with Gasteiger partial charge in [-0.05, 0) is 25.8 Å². The minimum atomic E-state index is 0.0605. The number of hydrogen-bond donors (Lipinski definition) is 1. The van der Waals surface area contributed by atoms with E-state index in [9.17, 15) is 9.59 Å². The van der Waals surface area contributed by atoms with Gasteiger partial charge in [0.1, 0.15) is 5.78 Å². The molecular formula is C12H22N2O2. The van der Waals surface area contributed by atoms with Gasteiger partial charge >= 0.3 is 0 Å². The lowest BCUT2D eigenvalue weighted by atomic mass is 9.93. The topological polar surface area (TPSA) is 49.4 Å². The van der Waals surface area contributed by atoms with Gasteiger partial charge in [0.25, 0.3) is 0 Å². The first kappa shape index (κ1) is 13.2. The SMILES string of the molecule is CCCN(CC(=O)NC)C1CCC(=O)CC1.